The zero-order chi connectivity index (χ0) is 13.5. The summed E-state index contributed by atoms with van der Waals surface area (Å²) in [6.45, 7) is 7.98. The van der Waals surface area contributed by atoms with Crippen LogP contribution < -0.4 is 5.32 Å². The average Bonchev–Trinajstić information content (AvgIpc) is 2.40. The number of hydrogen-bond donors (Lipinski definition) is 1. The molecule has 0 aliphatic carbocycles. The average molecular weight is 261 g/mol. The van der Waals surface area contributed by atoms with E-state index in [1.807, 2.05) is 19.1 Å². The van der Waals surface area contributed by atoms with E-state index in [1.54, 1.807) is 0 Å². The Bertz CT molecular complexity index is 378. The maximum absolute atomic E-state index is 4.45. The Morgan fingerprint density at radius 1 is 1.32 bits per heavy atom. The van der Waals surface area contributed by atoms with E-state index in [4.69, 9.17) is 0 Å². The van der Waals surface area contributed by atoms with E-state index in [1.165, 1.54) is 45.2 Å². The zero-order valence-corrected chi connectivity index (χ0v) is 12.4. The second kappa shape index (κ2) is 7.49. The predicted molar refractivity (Wildman–Crippen MR) is 81.6 cm³/mol. The predicted octanol–water partition coefficient (Wildman–Crippen LogP) is 3.46. The summed E-state index contributed by atoms with van der Waals surface area (Å²) in [6.07, 6.45) is 6.68. The molecule has 1 fully saturated rings. The lowest BCUT2D eigenvalue weighted by Crippen LogP contribution is -2.38. The van der Waals surface area contributed by atoms with Gasteiger partial charge in [-0.3, -0.25) is 0 Å². The molecule has 1 unspecified atom stereocenters. The first-order valence-corrected chi connectivity index (χ1v) is 7.67. The van der Waals surface area contributed by atoms with Crippen LogP contribution in [0.4, 0.5) is 5.82 Å². The van der Waals surface area contributed by atoms with E-state index in [-0.39, 0.29) is 0 Å². The molecule has 19 heavy (non-hydrogen) atoms. The van der Waals surface area contributed by atoms with Gasteiger partial charge in [-0.15, -0.1) is 0 Å². The molecule has 0 aromatic carbocycles. The van der Waals surface area contributed by atoms with Crippen molar-refractivity contribution in [1.82, 2.24) is 9.88 Å². The number of hydrogen-bond acceptors (Lipinski definition) is 3. The van der Waals surface area contributed by atoms with Crippen LogP contribution in [-0.2, 0) is 0 Å². The van der Waals surface area contributed by atoms with E-state index in [2.05, 4.69) is 28.2 Å². The highest BCUT2D eigenvalue weighted by Crippen LogP contribution is 2.16. The Kier molecular flexibility index (Phi) is 5.64. The minimum absolute atomic E-state index is 0.792. The van der Waals surface area contributed by atoms with Crippen molar-refractivity contribution in [2.24, 2.45) is 0 Å². The molecule has 3 heteroatoms. The van der Waals surface area contributed by atoms with E-state index < -0.39 is 0 Å². The van der Waals surface area contributed by atoms with Crippen LogP contribution in [0.2, 0.25) is 0 Å². The number of unbranched alkanes of at least 4 members (excludes halogenated alkanes) is 1. The molecule has 0 spiro atoms. The normalized spacial score (nSPS) is 20.4. The minimum Gasteiger partial charge on any atom is -0.370 e. The topological polar surface area (TPSA) is 28.2 Å². The lowest BCUT2D eigenvalue weighted by Gasteiger charge is -2.33. The molecule has 0 saturated carbocycles. The fourth-order valence-electron chi connectivity index (χ4n) is 2.79. The molecule has 0 radical (unpaired) electrons. The second-order valence-electron chi connectivity index (χ2n) is 5.68. The molecule has 3 nitrogen and oxygen atoms in total. The molecule has 1 saturated heterocycles. The molecule has 1 aromatic heterocycles. The second-order valence-corrected chi connectivity index (χ2v) is 5.68. The van der Waals surface area contributed by atoms with Gasteiger partial charge in [0.05, 0.1) is 0 Å². The Hall–Kier alpha value is -1.09. The van der Waals surface area contributed by atoms with Gasteiger partial charge in [0.15, 0.2) is 0 Å². The van der Waals surface area contributed by atoms with Crippen molar-refractivity contribution in [2.75, 3.05) is 25.0 Å². The van der Waals surface area contributed by atoms with Gasteiger partial charge in [0.1, 0.15) is 5.82 Å². The van der Waals surface area contributed by atoms with E-state index in [9.17, 15) is 0 Å². The van der Waals surface area contributed by atoms with Crippen LogP contribution in [0, 0.1) is 6.92 Å². The SMILES string of the molecule is Cc1cccc(NCCCCN2CCCCC2C)n1. The Balaban J connectivity index is 1.59. The monoisotopic (exact) mass is 261 g/mol. The van der Waals surface area contributed by atoms with Crippen LogP contribution in [0.25, 0.3) is 0 Å². The first-order valence-electron chi connectivity index (χ1n) is 7.67. The van der Waals surface area contributed by atoms with Gasteiger partial charge in [-0.05, 0) is 64.8 Å². The van der Waals surface area contributed by atoms with Gasteiger partial charge in [0.2, 0.25) is 0 Å². The molecule has 1 atom stereocenters. The summed E-state index contributed by atoms with van der Waals surface area (Å²) in [5, 5.41) is 3.40. The van der Waals surface area contributed by atoms with Crippen LogP contribution in [0.1, 0.15) is 44.7 Å². The molecule has 0 bridgehead atoms. The van der Waals surface area contributed by atoms with Crippen LogP contribution >= 0.6 is 0 Å². The van der Waals surface area contributed by atoms with Gasteiger partial charge >= 0.3 is 0 Å². The lowest BCUT2D eigenvalue weighted by atomic mass is 10.0. The number of rotatable bonds is 6. The molecular weight excluding hydrogens is 234 g/mol. The Morgan fingerprint density at radius 2 is 2.21 bits per heavy atom. The van der Waals surface area contributed by atoms with Crippen molar-refractivity contribution in [2.45, 2.75) is 52.0 Å². The number of pyridine rings is 1. The molecule has 2 heterocycles. The Morgan fingerprint density at radius 3 is 3.00 bits per heavy atom. The number of aryl methyl sites for hydroxylation is 1. The zero-order valence-electron chi connectivity index (χ0n) is 12.4. The maximum Gasteiger partial charge on any atom is 0.126 e. The van der Waals surface area contributed by atoms with Gasteiger partial charge in [0, 0.05) is 18.3 Å². The van der Waals surface area contributed by atoms with Crippen molar-refractivity contribution in [3.8, 4) is 0 Å². The fraction of sp³-hybridized carbons (Fsp3) is 0.688. The number of likely N-dealkylation sites (tertiary alicyclic amines) is 1. The molecule has 1 aliphatic heterocycles. The summed E-state index contributed by atoms with van der Waals surface area (Å²) in [7, 11) is 0. The summed E-state index contributed by atoms with van der Waals surface area (Å²) in [4.78, 5) is 7.10. The lowest BCUT2D eigenvalue weighted by molar-refractivity contribution is 0.158. The summed E-state index contributed by atoms with van der Waals surface area (Å²) >= 11 is 0. The third-order valence-corrected chi connectivity index (χ3v) is 4.01. The number of nitrogens with one attached hydrogen (secondary N) is 1. The van der Waals surface area contributed by atoms with Gasteiger partial charge in [-0.25, -0.2) is 4.98 Å². The van der Waals surface area contributed by atoms with Gasteiger partial charge in [-0.1, -0.05) is 12.5 Å². The van der Waals surface area contributed by atoms with E-state index in [0.717, 1.165) is 24.1 Å². The molecule has 1 N–H and O–H groups in total. The first kappa shape index (κ1) is 14.3. The molecule has 1 aliphatic rings. The van der Waals surface area contributed by atoms with Crippen LogP contribution in [0.5, 0.6) is 0 Å². The van der Waals surface area contributed by atoms with Crippen molar-refractivity contribution in [3.05, 3.63) is 23.9 Å². The smallest absolute Gasteiger partial charge is 0.126 e. The summed E-state index contributed by atoms with van der Waals surface area (Å²) in [5.74, 6) is 1.01. The number of piperidine rings is 1. The summed E-state index contributed by atoms with van der Waals surface area (Å²) < 4.78 is 0. The van der Waals surface area contributed by atoms with Gasteiger partial charge in [0.25, 0.3) is 0 Å². The third kappa shape index (κ3) is 4.83. The van der Waals surface area contributed by atoms with Crippen molar-refractivity contribution >= 4 is 5.82 Å². The van der Waals surface area contributed by atoms with Crippen LogP contribution in [0.15, 0.2) is 18.2 Å². The standard InChI is InChI=1S/C16H27N3/c1-14-8-7-10-16(18-14)17-11-4-6-13-19-12-5-3-9-15(19)2/h7-8,10,15H,3-6,9,11-13H2,1-2H3,(H,17,18). The highest BCUT2D eigenvalue weighted by atomic mass is 15.2. The Labute approximate surface area is 117 Å². The van der Waals surface area contributed by atoms with Gasteiger partial charge < -0.3 is 10.2 Å². The van der Waals surface area contributed by atoms with Crippen molar-refractivity contribution < 1.29 is 0 Å². The quantitative estimate of drug-likeness (QED) is 0.795. The van der Waals surface area contributed by atoms with Crippen LogP contribution in [0.3, 0.4) is 0 Å². The molecule has 1 aromatic rings. The number of aromatic nitrogens is 1. The molecule has 2 rings (SSSR count). The summed E-state index contributed by atoms with van der Waals surface area (Å²) in [5.41, 5.74) is 1.08. The van der Waals surface area contributed by atoms with Crippen molar-refractivity contribution in [1.29, 1.82) is 0 Å². The molecular formula is C16H27N3. The van der Waals surface area contributed by atoms with E-state index in [0.29, 0.717) is 0 Å². The molecule has 0 amide bonds. The van der Waals surface area contributed by atoms with E-state index >= 15 is 0 Å². The summed E-state index contributed by atoms with van der Waals surface area (Å²) in [6, 6.07) is 6.92. The largest absolute Gasteiger partial charge is 0.370 e. The maximum atomic E-state index is 4.45. The number of anilines is 1. The van der Waals surface area contributed by atoms with Crippen molar-refractivity contribution in [3.63, 3.8) is 0 Å². The highest BCUT2D eigenvalue weighted by Gasteiger charge is 2.16. The number of nitrogens with zero attached hydrogens (tertiary/aromatic N) is 2. The van der Waals surface area contributed by atoms with Gasteiger partial charge in [-0.2, -0.15) is 0 Å². The van der Waals surface area contributed by atoms with Crippen LogP contribution in [-0.4, -0.2) is 35.6 Å². The third-order valence-electron chi connectivity index (χ3n) is 4.01. The highest BCUT2D eigenvalue weighted by molar-refractivity contribution is 5.34. The first-order chi connectivity index (χ1) is 9.25. The fourth-order valence-corrected chi connectivity index (χ4v) is 2.79. The minimum atomic E-state index is 0.792. The molecule has 106 valence electrons.